The van der Waals surface area contributed by atoms with Crippen LogP contribution >= 0.6 is 11.6 Å². The van der Waals surface area contributed by atoms with Crippen LogP contribution in [0.4, 0.5) is 0 Å². The molecule has 3 aliphatic heterocycles. The van der Waals surface area contributed by atoms with Gasteiger partial charge in [0.15, 0.2) is 0 Å². The summed E-state index contributed by atoms with van der Waals surface area (Å²) in [5, 5.41) is 31.5. The molecule has 0 aliphatic carbocycles. The van der Waals surface area contributed by atoms with E-state index in [0.717, 1.165) is 43.7 Å². The van der Waals surface area contributed by atoms with Gasteiger partial charge >= 0.3 is 5.97 Å². The number of halogens is 1. The number of carbonyl (C=O) groups excluding carboxylic acids is 2. The monoisotopic (exact) mass is 560 g/mol. The number of esters is 1. The normalized spacial score (nSPS) is 22.8. The highest BCUT2D eigenvalue weighted by atomic mass is 35.5. The maximum absolute atomic E-state index is 13.3. The van der Waals surface area contributed by atoms with Gasteiger partial charge < -0.3 is 39.3 Å². The summed E-state index contributed by atoms with van der Waals surface area (Å²) in [6, 6.07) is 8.84. The van der Waals surface area contributed by atoms with Gasteiger partial charge in [-0.1, -0.05) is 11.6 Å². The minimum absolute atomic E-state index is 0.0279. The van der Waals surface area contributed by atoms with Crippen molar-refractivity contribution < 1.29 is 39.1 Å². The molecule has 39 heavy (non-hydrogen) atoms. The number of benzene rings is 2. The number of likely N-dealkylation sites (tertiary alicyclic amines) is 2. The highest BCUT2D eigenvalue weighted by Crippen LogP contribution is 2.42. The second kappa shape index (κ2) is 11.2. The number of aromatic hydroxyl groups is 1. The molecule has 3 aliphatic rings. The topological polar surface area (TPSA) is 129 Å². The van der Waals surface area contributed by atoms with Gasteiger partial charge in [0.2, 0.25) is 0 Å². The Labute approximate surface area is 231 Å². The van der Waals surface area contributed by atoms with E-state index in [1.807, 2.05) is 18.2 Å². The number of fused-ring (bicyclic) bond motifs is 1. The Morgan fingerprint density at radius 3 is 2.72 bits per heavy atom. The number of ether oxygens (including phenoxy) is 3. The Morgan fingerprint density at radius 2 is 1.97 bits per heavy atom. The van der Waals surface area contributed by atoms with Crippen molar-refractivity contribution in [3.8, 4) is 17.2 Å². The molecule has 0 saturated carbocycles. The molecular formula is C28H33ClN2O8. The first-order valence-corrected chi connectivity index (χ1v) is 13.4. The fourth-order valence-corrected chi connectivity index (χ4v) is 5.92. The van der Waals surface area contributed by atoms with Gasteiger partial charge in [-0.25, -0.2) is 4.79 Å². The average Bonchev–Trinajstić information content (AvgIpc) is 3.48. The van der Waals surface area contributed by atoms with E-state index in [1.165, 1.54) is 30.2 Å². The first kappa shape index (κ1) is 27.5. The summed E-state index contributed by atoms with van der Waals surface area (Å²) >= 11 is 6.14. The molecule has 0 bridgehead atoms. The predicted molar refractivity (Wildman–Crippen MR) is 141 cm³/mol. The molecule has 3 heterocycles. The van der Waals surface area contributed by atoms with Gasteiger partial charge in [0.25, 0.3) is 5.91 Å². The molecule has 210 valence electrons. The number of hydrogen-bond acceptors (Lipinski definition) is 9. The summed E-state index contributed by atoms with van der Waals surface area (Å²) in [5.74, 6) is -0.291. The lowest BCUT2D eigenvalue weighted by atomic mass is 9.87. The number of phenols is 1. The molecule has 10 nitrogen and oxygen atoms in total. The van der Waals surface area contributed by atoms with Crippen LogP contribution in [0.2, 0.25) is 5.02 Å². The van der Waals surface area contributed by atoms with E-state index < -0.39 is 30.1 Å². The molecule has 3 atom stereocenters. The largest absolute Gasteiger partial charge is 0.508 e. The Kier molecular flexibility index (Phi) is 7.91. The van der Waals surface area contributed by atoms with E-state index in [1.54, 1.807) is 0 Å². The molecule has 2 saturated heterocycles. The molecular weight excluding hydrogens is 528 g/mol. The maximum atomic E-state index is 13.3. The maximum Gasteiger partial charge on any atom is 0.328 e. The molecule has 1 unspecified atom stereocenters. The van der Waals surface area contributed by atoms with E-state index >= 15 is 0 Å². The smallest absolute Gasteiger partial charge is 0.328 e. The van der Waals surface area contributed by atoms with Gasteiger partial charge in [-0.3, -0.25) is 4.79 Å². The van der Waals surface area contributed by atoms with Gasteiger partial charge in [-0.2, -0.15) is 0 Å². The lowest BCUT2D eigenvalue weighted by Crippen LogP contribution is -2.49. The number of aliphatic hydroxyl groups excluding tert-OH is 2. The zero-order valence-corrected chi connectivity index (χ0v) is 22.5. The minimum Gasteiger partial charge on any atom is -0.508 e. The predicted octanol–water partition coefficient (Wildman–Crippen LogP) is 2.00. The van der Waals surface area contributed by atoms with Crippen LogP contribution < -0.4 is 9.47 Å². The van der Waals surface area contributed by atoms with Gasteiger partial charge in [-0.05, 0) is 35.9 Å². The van der Waals surface area contributed by atoms with Crippen LogP contribution in [0, 0.1) is 0 Å². The number of phenolic OH excluding ortho intramolecular Hbond substituents is 1. The van der Waals surface area contributed by atoms with Crippen LogP contribution in [0.15, 0.2) is 36.4 Å². The second-order valence-corrected chi connectivity index (χ2v) is 11.0. The van der Waals surface area contributed by atoms with Crippen LogP contribution in [0.5, 0.6) is 17.2 Å². The van der Waals surface area contributed by atoms with Crippen molar-refractivity contribution in [3.05, 3.63) is 52.5 Å². The Balaban J connectivity index is 1.17. The minimum atomic E-state index is -0.916. The summed E-state index contributed by atoms with van der Waals surface area (Å²) in [4.78, 5) is 28.8. The molecule has 0 aromatic heterocycles. The third-order valence-electron chi connectivity index (χ3n) is 7.74. The molecule has 2 aromatic rings. The van der Waals surface area contributed by atoms with E-state index in [2.05, 4.69) is 4.90 Å². The number of carbonyl (C=O) groups is 2. The average molecular weight is 561 g/mol. The Hall–Kier alpha value is -3.05. The van der Waals surface area contributed by atoms with Crippen molar-refractivity contribution >= 4 is 23.5 Å². The number of methoxy groups -OCH3 is 1. The van der Waals surface area contributed by atoms with Crippen LogP contribution in [0.3, 0.4) is 0 Å². The van der Waals surface area contributed by atoms with Gasteiger partial charge in [0, 0.05) is 63.0 Å². The summed E-state index contributed by atoms with van der Waals surface area (Å²) < 4.78 is 16.9. The van der Waals surface area contributed by atoms with Gasteiger partial charge in [0.1, 0.15) is 41.6 Å². The second-order valence-electron chi connectivity index (χ2n) is 10.5. The van der Waals surface area contributed by atoms with E-state index in [4.69, 9.17) is 25.8 Å². The Morgan fingerprint density at radius 1 is 1.21 bits per heavy atom. The summed E-state index contributed by atoms with van der Waals surface area (Å²) in [5.41, 5.74) is 0.996. The number of nitrogens with zero attached hydrogens (tertiary/aromatic N) is 2. The highest BCUT2D eigenvalue weighted by molar-refractivity contribution is 6.30. The third kappa shape index (κ3) is 5.94. The summed E-state index contributed by atoms with van der Waals surface area (Å²) in [6.07, 6.45) is 0.838. The molecule has 2 aromatic carbocycles. The molecule has 1 amide bonds. The molecule has 1 spiro atoms. The number of β-amino-alcohol motifs (C(OH)–C–C–N with tert-alkyl or cyclic N) is 2. The fraction of sp³-hybridized carbons (Fsp3) is 0.500. The highest BCUT2D eigenvalue weighted by Gasteiger charge is 2.43. The van der Waals surface area contributed by atoms with Crippen LogP contribution in [-0.2, 0) is 16.0 Å². The van der Waals surface area contributed by atoms with Crippen molar-refractivity contribution in [2.45, 2.75) is 49.5 Å². The van der Waals surface area contributed by atoms with E-state index in [9.17, 15) is 24.9 Å². The summed E-state index contributed by atoms with van der Waals surface area (Å²) in [7, 11) is 1.23. The lowest BCUT2D eigenvalue weighted by molar-refractivity contribution is -0.145. The lowest BCUT2D eigenvalue weighted by Gasteiger charge is -2.39. The molecule has 2 fully saturated rings. The Bertz CT molecular complexity index is 1230. The molecule has 3 N–H and O–H groups in total. The van der Waals surface area contributed by atoms with Crippen molar-refractivity contribution in [3.63, 3.8) is 0 Å². The third-order valence-corrected chi connectivity index (χ3v) is 7.97. The SMILES string of the molecule is COC(=O)C1C[C@@H](O)CN1C(=O)c1ccc(O)cc1OC[C@@H](O)CN1CCC2(CC1)Cc1cc(Cl)ccc1O2. The van der Waals surface area contributed by atoms with Crippen molar-refractivity contribution in [2.24, 2.45) is 0 Å². The van der Waals surface area contributed by atoms with Crippen molar-refractivity contribution in [1.29, 1.82) is 0 Å². The number of rotatable bonds is 7. The van der Waals surface area contributed by atoms with Crippen LogP contribution in [0.25, 0.3) is 0 Å². The zero-order chi connectivity index (χ0) is 27.7. The van der Waals surface area contributed by atoms with E-state index in [-0.39, 0.29) is 42.2 Å². The number of aliphatic hydroxyl groups is 2. The molecule has 5 rings (SSSR count). The number of amides is 1. The molecule has 0 radical (unpaired) electrons. The quantitative estimate of drug-likeness (QED) is 0.435. The number of hydrogen-bond donors (Lipinski definition) is 3. The van der Waals surface area contributed by atoms with Crippen molar-refractivity contribution in [2.75, 3.05) is 39.9 Å². The standard InChI is InChI=1S/C28H33ClN2O8/c1-37-27(36)23-11-20(33)15-31(23)26(35)22-4-3-19(32)12-25(22)38-16-21(34)14-30-8-6-28(7-9-30)13-17-10-18(29)2-5-24(17)39-28/h2-5,10,12,20-21,23,32-34H,6-9,11,13-16H2,1H3/t20-,21+,23?/m1/s1. The van der Waals surface area contributed by atoms with Crippen molar-refractivity contribution in [1.82, 2.24) is 9.80 Å². The number of piperidine rings is 1. The zero-order valence-electron chi connectivity index (χ0n) is 21.7. The molecule has 11 heteroatoms. The fourth-order valence-electron chi connectivity index (χ4n) is 5.72. The van der Waals surface area contributed by atoms with Crippen LogP contribution in [0.1, 0.15) is 35.2 Å². The summed E-state index contributed by atoms with van der Waals surface area (Å²) in [6.45, 7) is 1.75. The van der Waals surface area contributed by atoms with Gasteiger partial charge in [-0.15, -0.1) is 0 Å². The first-order chi connectivity index (χ1) is 18.7. The van der Waals surface area contributed by atoms with Gasteiger partial charge in [0.05, 0.1) is 18.8 Å². The van der Waals surface area contributed by atoms with E-state index in [0.29, 0.717) is 11.6 Å². The first-order valence-electron chi connectivity index (χ1n) is 13.1. The van der Waals surface area contributed by atoms with Crippen LogP contribution in [-0.4, -0.2) is 101 Å².